The van der Waals surface area contributed by atoms with E-state index < -0.39 is 0 Å². The van der Waals surface area contributed by atoms with Crippen molar-refractivity contribution in [3.8, 4) is 0 Å². The first-order valence-electron chi connectivity index (χ1n) is 6.93. The van der Waals surface area contributed by atoms with E-state index in [0.29, 0.717) is 5.92 Å². The van der Waals surface area contributed by atoms with E-state index in [0.717, 1.165) is 18.1 Å². The van der Waals surface area contributed by atoms with Crippen molar-refractivity contribution in [2.24, 2.45) is 5.92 Å². The molecular formula is C16H27ClN2. The monoisotopic (exact) mass is 282 g/mol. The van der Waals surface area contributed by atoms with Gasteiger partial charge in [-0.15, -0.1) is 0 Å². The van der Waals surface area contributed by atoms with E-state index in [1.165, 1.54) is 11.3 Å². The lowest BCUT2D eigenvalue weighted by Gasteiger charge is -2.27. The summed E-state index contributed by atoms with van der Waals surface area (Å²) >= 11 is 6.14. The van der Waals surface area contributed by atoms with Crippen molar-refractivity contribution in [2.45, 2.75) is 46.7 Å². The molecule has 19 heavy (non-hydrogen) atoms. The van der Waals surface area contributed by atoms with Crippen LogP contribution in [0.1, 0.15) is 40.2 Å². The maximum absolute atomic E-state index is 6.14. The van der Waals surface area contributed by atoms with Gasteiger partial charge < -0.3 is 10.2 Å². The van der Waals surface area contributed by atoms with E-state index >= 15 is 0 Å². The van der Waals surface area contributed by atoms with E-state index in [9.17, 15) is 0 Å². The third-order valence-electron chi connectivity index (χ3n) is 2.91. The zero-order valence-electron chi connectivity index (χ0n) is 13.0. The molecule has 0 saturated carbocycles. The average molecular weight is 283 g/mol. The van der Waals surface area contributed by atoms with Crippen LogP contribution in [0.2, 0.25) is 5.02 Å². The number of nitrogens with one attached hydrogen (secondary N) is 1. The highest BCUT2D eigenvalue weighted by Gasteiger charge is 2.13. The molecule has 1 N–H and O–H groups in total. The smallest absolute Gasteiger partial charge is 0.0426 e. The molecule has 0 atom stereocenters. The van der Waals surface area contributed by atoms with Gasteiger partial charge in [-0.05, 0) is 44.4 Å². The minimum absolute atomic E-state index is 0.119. The van der Waals surface area contributed by atoms with Gasteiger partial charge in [0.25, 0.3) is 0 Å². The van der Waals surface area contributed by atoms with Crippen LogP contribution >= 0.6 is 11.6 Å². The van der Waals surface area contributed by atoms with Crippen molar-refractivity contribution >= 4 is 17.3 Å². The second-order valence-corrected chi connectivity index (χ2v) is 7.09. The largest absolute Gasteiger partial charge is 0.374 e. The Hall–Kier alpha value is -0.730. The molecule has 1 rings (SSSR count). The van der Waals surface area contributed by atoms with E-state index in [2.05, 4.69) is 64.0 Å². The van der Waals surface area contributed by atoms with Gasteiger partial charge in [-0.1, -0.05) is 31.5 Å². The molecule has 0 saturated heterocycles. The van der Waals surface area contributed by atoms with Crippen LogP contribution in [0.25, 0.3) is 0 Å². The van der Waals surface area contributed by atoms with Gasteiger partial charge in [0.2, 0.25) is 0 Å². The third-order valence-corrected chi connectivity index (χ3v) is 3.14. The van der Waals surface area contributed by atoms with E-state index in [-0.39, 0.29) is 5.54 Å². The van der Waals surface area contributed by atoms with Crippen molar-refractivity contribution in [1.82, 2.24) is 5.32 Å². The molecule has 2 nitrogen and oxygen atoms in total. The summed E-state index contributed by atoms with van der Waals surface area (Å²) in [5, 5.41) is 4.33. The molecule has 0 bridgehead atoms. The zero-order valence-corrected chi connectivity index (χ0v) is 13.8. The van der Waals surface area contributed by atoms with Crippen LogP contribution in [0.5, 0.6) is 0 Å². The number of nitrogens with zero attached hydrogens (tertiary/aromatic N) is 1. The second-order valence-electron chi connectivity index (χ2n) is 6.65. The fraction of sp³-hybridized carbons (Fsp3) is 0.625. The maximum Gasteiger partial charge on any atom is 0.0426 e. The molecule has 0 radical (unpaired) electrons. The quantitative estimate of drug-likeness (QED) is 0.865. The highest BCUT2D eigenvalue weighted by molar-refractivity contribution is 6.30. The highest BCUT2D eigenvalue weighted by atomic mass is 35.5. The lowest BCUT2D eigenvalue weighted by Crippen LogP contribution is -2.35. The number of hydrogen-bond donors (Lipinski definition) is 1. The molecule has 0 aliphatic carbocycles. The molecule has 3 heteroatoms. The van der Waals surface area contributed by atoms with Crippen molar-refractivity contribution in [3.05, 3.63) is 28.8 Å². The van der Waals surface area contributed by atoms with E-state index in [4.69, 9.17) is 11.6 Å². The summed E-state index contributed by atoms with van der Waals surface area (Å²) in [4.78, 5) is 2.29. The van der Waals surface area contributed by atoms with Gasteiger partial charge in [-0.3, -0.25) is 0 Å². The lowest BCUT2D eigenvalue weighted by molar-refractivity contribution is 0.424. The molecule has 108 valence electrons. The number of rotatable bonds is 5. The second kappa shape index (κ2) is 6.62. The topological polar surface area (TPSA) is 15.3 Å². The summed E-state index contributed by atoms with van der Waals surface area (Å²) in [5.41, 5.74) is 2.63. The molecule has 0 aliphatic rings. The van der Waals surface area contributed by atoms with Crippen molar-refractivity contribution < 1.29 is 0 Å². The van der Waals surface area contributed by atoms with Gasteiger partial charge in [-0.2, -0.15) is 0 Å². The summed E-state index contributed by atoms with van der Waals surface area (Å²) in [6.07, 6.45) is 0. The van der Waals surface area contributed by atoms with Gasteiger partial charge >= 0.3 is 0 Å². The molecule has 0 heterocycles. The first-order valence-corrected chi connectivity index (χ1v) is 7.31. The molecule has 0 amide bonds. The third kappa shape index (κ3) is 5.84. The lowest BCUT2D eigenvalue weighted by atomic mass is 10.1. The van der Waals surface area contributed by atoms with Gasteiger partial charge in [0.05, 0.1) is 0 Å². The Balaban J connectivity index is 2.91. The SMILES string of the molecule is CC(C)CN(C)c1cc(Cl)ccc1CNC(C)(C)C. The number of benzene rings is 1. The Bertz CT molecular complexity index is 408. The van der Waals surface area contributed by atoms with Crippen LogP contribution in [0.4, 0.5) is 5.69 Å². The van der Waals surface area contributed by atoms with Crippen LogP contribution in [0.3, 0.4) is 0 Å². The molecule has 0 spiro atoms. The first kappa shape index (κ1) is 16.3. The Morgan fingerprint density at radius 1 is 1.26 bits per heavy atom. The van der Waals surface area contributed by atoms with Crippen LogP contribution < -0.4 is 10.2 Å². The van der Waals surface area contributed by atoms with E-state index in [1.54, 1.807) is 0 Å². The molecule has 0 aliphatic heterocycles. The summed E-state index contributed by atoms with van der Waals surface area (Å²) in [5.74, 6) is 0.632. The summed E-state index contributed by atoms with van der Waals surface area (Å²) in [7, 11) is 2.13. The van der Waals surface area contributed by atoms with Crippen LogP contribution in [-0.4, -0.2) is 19.1 Å². The average Bonchev–Trinajstić information content (AvgIpc) is 2.25. The molecule has 1 aromatic carbocycles. The summed E-state index contributed by atoms with van der Waals surface area (Å²) < 4.78 is 0. The van der Waals surface area contributed by atoms with Gasteiger partial charge in [0, 0.05) is 36.4 Å². The fourth-order valence-corrected chi connectivity index (χ4v) is 2.21. The predicted molar refractivity (Wildman–Crippen MR) is 86.2 cm³/mol. The van der Waals surface area contributed by atoms with Gasteiger partial charge in [0.15, 0.2) is 0 Å². The number of anilines is 1. The van der Waals surface area contributed by atoms with Gasteiger partial charge in [0.1, 0.15) is 0 Å². The van der Waals surface area contributed by atoms with Crippen molar-refractivity contribution in [1.29, 1.82) is 0 Å². The normalized spacial score (nSPS) is 12.0. The fourth-order valence-electron chi connectivity index (χ4n) is 2.05. The molecule has 0 aromatic heterocycles. The van der Waals surface area contributed by atoms with Gasteiger partial charge in [-0.25, -0.2) is 0 Å². The van der Waals surface area contributed by atoms with Crippen molar-refractivity contribution in [2.75, 3.05) is 18.5 Å². The Kier molecular flexibility index (Phi) is 5.69. The minimum Gasteiger partial charge on any atom is -0.374 e. The summed E-state index contributed by atoms with van der Waals surface area (Å²) in [6.45, 7) is 12.9. The molecule has 1 aromatic rings. The zero-order chi connectivity index (χ0) is 14.6. The summed E-state index contributed by atoms with van der Waals surface area (Å²) in [6, 6.07) is 6.14. The van der Waals surface area contributed by atoms with E-state index in [1.807, 2.05) is 6.07 Å². The molecular weight excluding hydrogens is 256 g/mol. The Morgan fingerprint density at radius 2 is 1.89 bits per heavy atom. The number of halogens is 1. The number of hydrogen-bond acceptors (Lipinski definition) is 2. The van der Waals surface area contributed by atoms with Crippen LogP contribution in [0, 0.1) is 5.92 Å². The van der Waals surface area contributed by atoms with Crippen LogP contribution in [-0.2, 0) is 6.54 Å². The van der Waals surface area contributed by atoms with Crippen LogP contribution in [0.15, 0.2) is 18.2 Å². The standard InChI is InChI=1S/C16H27ClN2/c1-12(2)11-19(6)15-9-14(17)8-7-13(15)10-18-16(3,4)5/h7-9,12,18H,10-11H2,1-6H3. The highest BCUT2D eigenvalue weighted by Crippen LogP contribution is 2.25. The molecule has 0 fully saturated rings. The predicted octanol–water partition coefficient (Wildman–Crippen LogP) is 4.32. The minimum atomic E-state index is 0.119. The Morgan fingerprint density at radius 3 is 2.42 bits per heavy atom. The first-order chi connectivity index (χ1) is 8.69. The van der Waals surface area contributed by atoms with Crippen molar-refractivity contribution in [3.63, 3.8) is 0 Å². The molecule has 0 unspecified atom stereocenters. The maximum atomic E-state index is 6.14. The Labute approximate surface area is 123 Å².